The van der Waals surface area contributed by atoms with E-state index in [9.17, 15) is 8.42 Å². The number of hydrogen-bond acceptors (Lipinski definition) is 5. The molecule has 9 heteroatoms. The monoisotopic (exact) mass is 414 g/mol. The summed E-state index contributed by atoms with van der Waals surface area (Å²) in [7, 11) is -3.69. The zero-order chi connectivity index (χ0) is 18.7. The van der Waals surface area contributed by atoms with Gasteiger partial charge in [-0.1, -0.05) is 37.8 Å². The molecule has 142 valence electrons. The van der Waals surface area contributed by atoms with Crippen LogP contribution in [0.15, 0.2) is 34.3 Å². The highest BCUT2D eigenvalue weighted by Crippen LogP contribution is 2.33. The van der Waals surface area contributed by atoms with E-state index in [1.807, 2.05) is 11.5 Å². The van der Waals surface area contributed by atoms with Crippen molar-refractivity contribution in [1.82, 2.24) is 19.5 Å². The van der Waals surface area contributed by atoms with Gasteiger partial charge in [-0.25, -0.2) is 13.1 Å². The van der Waals surface area contributed by atoms with Gasteiger partial charge in [0.25, 0.3) is 0 Å². The fourth-order valence-corrected chi connectivity index (χ4v) is 5.12. The zero-order valence-corrected chi connectivity index (χ0v) is 17.1. The Morgan fingerprint density at radius 1 is 1.23 bits per heavy atom. The normalized spacial score (nSPS) is 17.3. The lowest BCUT2D eigenvalue weighted by atomic mass is 9.95. The molecule has 26 heavy (non-hydrogen) atoms. The van der Waals surface area contributed by atoms with Crippen LogP contribution in [0.3, 0.4) is 0 Å². The predicted octanol–water partition coefficient (Wildman–Crippen LogP) is 4.16. The summed E-state index contributed by atoms with van der Waals surface area (Å²) in [5.74, 6) is 0.627. The fourth-order valence-electron chi connectivity index (χ4n) is 3.41. The molecular weight excluding hydrogens is 392 g/mol. The summed E-state index contributed by atoms with van der Waals surface area (Å²) in [5, 5.41) is 9.37. The van der Waals surface area contributed by atoms with Gasteiger partial charge in [-0.3, -0.25) is 0 Å². The molecule has 1 aliphatic carbocycles. The zero-order valence-electron chi connectivity index (χ0n) is 14.6. The third-order valence-electron chi connectivity index (χ3n) is 4.79. The van der Waals surface area contributed by atoms with Crippen LogP contribution in [0.4, 0.5) is 0 Å². The largest absolute Gasteiger partial charge is 0.302 e. The van der Waals surface area contributed by atoms with Crippen LogP contribution in [0, 0.1) is 0 Å². The van der Waals surface area contributed by atoms with E-state index in [0.717, 1.165) is 25.7 Å². The lowest BCUT2D eigenvalue weighted by molar-refractivity contribution is 0.321. The van der Waals surface area contributed by atoms with Crippen molar-refractivity contribution >= 4 is 34.3 Å². The number of thiol groups is 1. The van der Waals surface area contributed by atoms with Gasteiger partial charge in [0, 0.05) is 11.1 Å². The van der Waals surface area contributed by atoms with Crippen LogP contribution < -0.4 is 4.72 Å². The van der Waals surface area contributed by atoms with Gasteiger partial charge in [0.2, 0.25) is 10.0 Å². The number of sulfonamides is 1. The van der Waals surface area contributed by atoms with Crippen molar-refractivity contribution in [3.8, 4) is 0 Å². The van der Waals surface area contributed by atoms with Crippen molar-refractivity contribution < 1.29 is 8.42 Å². The maximum atomic E-state index is 12.7. The molecule has 1 aromatic heterocycles. The van der Waals surface area contributed by atoms with E-state index in [0.29, 0.717) is 22.4 Å². The van der Waals surface area contributed by atoms with Gasteiger partial charge in [-0.15, -0.1) is 22.8 Å². The van der Waals surface area contributed by atoms with E-state index in [2.05, 4.69) is 27.5 Å². The molecular formula is C17H23ClN4O2S2. The van der Waals surface area contributed by atoms with Crippen LogP contribution in [0.2, 0.25) is 5.02 Å². The molecule has 0 saturated heterocycles. The van der Waals surface area contributed by atoms with Gasteiger partial charge in [-0.05, 0) is 43.5 Å². The average molecular weight is 415 g/mol. The minimum atomic E-state index is -3.69. The van der Waals surface area contributed by atoms with Crippen LogP contribution in [-0.2, 0) is 10.0 Å². The molecule has 1 fully saturated rings. The minimum absolute atomic E-state index is 0.176. The van der Waals surface area contributed by atoms with E-state index in [1.165, 1.54) is 18.6 Å². The van der Waals surface area contributed by atoms with Gasteiger partial charge in [0.1, 0.15) is 0 Å². The van der Waals surface area contributed by atoms with Gasteiger partial charge in [0.15, 0.2) is 11.0 Å². The highest BCUT2D eigenvalue weighted by atomic mass is 35.5. The molecule has 0 aliphatic heterocycles. The number of halogens is 1. The number of rotatable bonds is 6. The molecule has 1 saturated carbocycles. The second-order valence-electron chi connectivity index (χ2n) is 6.56. The van der Waals surface area contributed by atoms with Gasteiger partial charge >= 0.3 is 0 Å². The van der Waals surface area contributed by atoms with Crippen molar-refractivity contribution in [1.29, 1.82) is 0 Å². The van der Waals surface area contributed by atoms with E-state index in [4.69, 9.17) is 11.6 Å². The first-order valence-corrected chi connectivity index (χ1v) is 11.1. The summed E-state index contributed by atoms with van der Waals surface area (Å²) >= 11 is 10.3. The standard InChI is InChI=1S/C17H23ClN4O2S2/c1-2-15(21-26(23,24)14-10-8-12(18)9-11-14)16-19-20-17(25)22(16)13-6-4-3-5-7-13/h8-11,13,15,21H,2-7H2,1H3,(H,20,25). The van der Waals surface area contributed by atoms with Crippen molar-refractivity contribution in [3.63, 3.8) is 0 Å². The molecule has 0 amide bonds. The number of nitrogens with one attached hydrogen (secondary N) is 1. The first-order valence-electron chi connectivity index (χ1n) is 8.84. The SMILES string of the molecule is CCC(NS(=O)(=O)c1ccc(Cl)cc1)c1nnc(S)n1C1CCCCC1. The van der Waals surface area contributed by atoms with Crippen LogP contribution in [0.1, 0.15) is 63.4 Å². The second kappa shape index (κ2) is 8.29. The third kappa shape index (κ3) is 4.24. The smallest absolute Gasteiger partial charge is 0.241 e. The van der Waals surface area contributed by atoms with E-state index < -0.39 is 16.1 Å². The van der Waals surface area contributed by atoms with Crippen LogP contribution >= 0.6 is 24.2 Å². The molecule has 0 radical (unpaired) electrons. The molecule has 0 bridgehead atoms. The number of benzene rings is 1. The first kappa shape index (κ1) is 19.7. The summed E-state index contributed by atoms with van der Waals surface area (Å²) in [5.41, 5.74) is 0. The summed E-state index contributed by atoms with van der Waals surface area (Å²) in [6, 6.07) is 5.92. The predicted molar refractivity (Wildman–Crippen MR) is 104 cm³/mol. The Balaban J connectivity index is 1.88. The summed E-state index contributed by atoms with van der Waals surface area (Å²) in [6.45, 7) is 1.92. The fraction of sp³-hybridized carbons (Fsp3) is 0.529. The summed E-state index contributed by atoms with van der Waals surface area (Å²) in [4.78, 5) is 0.176. The highest BCUT2D eigenvalue weighted by Gasteiger charge is 2.28. The van der Waals surface area contributed by atoms with Gasteiger partial charge in [-0.2, -0.15) is 0 Å². The van der Waals surface area contributed by atoms with Crippen molar-refractivity contribution in [2.24, 2.45) is 0 Å². The van der Waals surface area contributed by atoms with Crippen LogP contribution in [0.25, 0.3) is 0 Å². The molecule has 2 aromatic rings. The molecule has 1 aromatic carbocycles. The van der Waals surface area contributed by atoms with Crippen molar-refractivity contribution in [3.05, 3.63) is 35.1 Å². The number of aromatic nitrogens is 3. The Bertz CT molecular complexity index is 846. The Labute approximate surface area is 164 Å². The number of nitrogens with zero attached hydrogens (tertiary/aromatic N) is 3. The molecule has 1 heterocycles. The second-order valence-corrected chi connectivity index (χ2v) is 9.11. The molecule has 1 atom stereocenters. The molecule has 0 spiro atoms. The lowest BCUT2D eigenvalue weighted by Gasteiger charge is -2.27. The highest BCUT2D eigenvalue weighted by molar-refractivity contribution is 7.89. The van der Waals surface area contributed by atoms with Crippen LogP contribution in [-0.4, -0.2) is 23.2 Å². The lowest BCUT2D eigenvalue weighted by Crippen LogP contribution is -2.31. The Morgan fingerprint density at radius 3 is 2.50 bits per heavy atom. The Morgan fingerprint density at radius 2 is 1.88 bits per heavy atom. The topological polar surface area (TPSA) is 76.9 Å². The molecule has 6 nitrogen and oxygen atoms in total. The number of hydrogen-bond donors (Lipinski definition) is 2. The quantitative estimate of drug-likeness (QED) is 0.696. The van der Waals surface area contributed by atoms with Gasteiger partial charge in [0.05, 0.1) is 10.9 Å². The van der Waals surface area contributed by atoms with E-state index >= 15 is 0 Å². The maximum Gasteiger partial charge on any atom is 0.241 e. The molecule has 1 unspecified atom stereocenters. The molecule has 1 aliphatic rings. The minimum Gasteiger partial charge on any atom is -0.302 e. The first-order chi connectivity index (χ1) is 12.4. The summed E-state index contributed by atoms with van der Waals surface area (Å²) < 4.78 is 30.3. The Hall–Kier alpha value is -1.09. The Kier molecular flexibility index (Phi) is 6.27. The van der Waals surface area contributed by atoms with E-state index in [1.54, 1.807) is 12.1 Å². The van der Waals surface area contributed by atoms with Gasteiger partial charge < -0.3 is 4.57 Å². The van der Waals surface area contributed by atoms with Crippen molar-refractivity contribution in [2.45, 2.75) is 67.6 Å². The maximum absolute atomic E-state index is 12.7. The third-order valence-corrected chi connectivity index (χ3v) is 6.83. The average Bonchev–Trinajstić information content (AvgIpc) is 3.02. The molecule has 1 N–H and O–H groups in total. The molecule has 3 rings (SSSR count). The van der Waals surface area contributed by atoms with E-state index in [-0.39, 0.29) is 10.9 Å². The summed E-state index contributed by atoms with van der Waals surface area (Å²) in [6.07, 6.45) is 6.19. The van der Waals surface area contributed by atoms with Crippen molar-refractivity contribution in [2.75, 3.05) is 0 Å². The van der Waals surface area contributed by atoms with Crippen LogP contribution in [0.5, 0.6) is 0 Å².